The van der Waals surface area contributed by atoms with Gasteiger partial charge in [-0.2, -0.15) is 5.10 Å². The van der Waals surface area contributed by atoms with Gasteiger partial charge < -0.3 is 5.32 Å². The highest BCUT2D eigenvalue weighted by atomic mass is 15.3. The van der Waals surface area contributed by atoms with Gasteiger partial charge in [0, 0.05) is 29.4 Å². The lowest BCUT2D eigenvalue weighted by molar-refractivity contribution is 0.788. The van der Waals surface area contributed by atoms with Crippen LogP contribution in [0.15, 0.2) is 42.7 Å². The first kappa shape index (κ1) is 11.9. The summed E-state index contributed by atoms with van der Waals surface area (Å²) in [5, 5.41) is 8.83. The summed E-state index contributed by atoms with van der Waals surface area (Å²) in [4.78, 5) is 4.37. The number of para-hydroxylation sites is 1. The van der Waals surface area contributed by atoms with E-state index in [1.807, 2.05) is 43.2 Å². The van der Waals surface area contributed by atoms with Gasteiger partial charge in [0.1, 0.15) is 0 Å². The zero-order valence-electron chi connectivity index (χ0n) is 11.1. The Hall–Kier alpha value is -2.20. The average molecular weight is 252 g/mol. The summed E-state index contributed by atoms with van der Waals surface area (Å²) in [5.74, 6) is 0. The van der Waals surface area contributed by atoms with Crippen LogP contribution in [0.3, 0.4) is 0 Å². The summed E-state index contributed by atoms with van der Waals surface area (Å²) in [7, 11) is 1.94. The van der Waals surface area contributed by atoms with E-state index in [1.165, 1.54) is 0 Å². The van der Waals surface area contributed by atoms with E-state index in [0.29, 0.717) is 0 Å². The predicted molar refractivity (Wildman–Crippen MR) is 76.4 cm³/mol. The fourth-order valence-electron chi connectivity index (χ4n) is 2.26. The molecule has 3 rings (SSSR count). The van der Waals surface area contributed by atoms with E-state index in [1.54, 1.807) is 0 Å². The van der Waals surface area contributed by atoms with Crippen LogP contribution in [0.5, 0.6) is 0 Å². The minimum absolute atomic E-state index is 0.775. The third-order valence-corrected chi connectivity index (χ3v) is 3.17. The monoisotopic (exact) mass is 252 g/mol. The smallest absolute Gasteiger partial charge is 0.0741 e. The third kappa shape index (κ3) is 2.11. The molecule has 0 saturated heterocycles. The predicted octanol–water partition coefficient (Wildman–Crippen LogP) is 2.45. The first-order valence-electron chi connectivity index (χ1n) is 6.33. The summed E-state index contributed by atoms with van der Waals surface area (Å²) in [6, 6.07) is 10.3. The summed E-state index contributed by atoms with van der Waals surface area (Å²) >= 11 is 0. The molecule has 2 heterocycles. The normalized spacial score (nSPS) is 11.1. The molecule has 4 heteroatoms. The maximum atomic E-state index is 4.51. The second-order valence-electron chi connectivity index (χ2n) is 4.60. The molecule has 0 unspecified atom stereocenters. The van der Waals surface area contributed by atoms with Crippen molar-refractivity contribution in [3.63, 3.8) is 0 Å². The zero-order valence-corrected chi connectivity index (χ0v) is 11.1. The molecule has 2 aromatic heterocycles. The topological polar surface area (TPSA) is 42.7 Å². The third-order valence-electron chi connectivity index (χ3n) is 3.17. The lowest BCUT2D eigenvalue weighted by atomic mass is 10.2. The van der Waals surface area contributed by atoms with Crippen molar-refractivity contribution in [2.75, 3.05) is 7.05 Å². The van der Waals surface area contributed by atoms with E-state index in [0.717, 1.165) is 34.4 Å². The van der Waals surface area contributed by atoms with Crippen molar-refractivity contribution in [3.05, 3.63) is 54.0 Å². The lowest BCUT2D eigenvalue weighted by Gasteiger charge is -2.11. The van der Waals surface area contributed by atoms with Gasteiger partial charge in [0.25, 0.3) is 0 Å². The number of pyridine rings is 1. The summed E-state index contributed by atoms with van der Waals surface area (Å²) in [6.45, 7) is 2.77. The van der Waals surface area contributed by atoms with Gasteiger partial charge in [-0.1, -0.05) is 18.2 Å². The van der Waals surface area contributed by atoms with Gasteiger partial charge in [0.05, 0.1) is 17.4 Å². The lowest BCUT2D eigenvalue weighted by Crippen LogP contribution is -2.10. The second-order valence-corrected chi connectivity index (χ2v) is 4.60. The van der Waals surface area contributed by atoms with Crippen LogP contribution in [0.2, 0.25) is 0 Å². The maximum Gasteiger partial charge on any atom is 0.0741 e. The number of nitrogens with zero attached hydrogens (tertiary/aromatic N) is 3. The molecule has 0 spiro atoms. The molecule has 96 valence electrons. The van der Waals surface area contributed by atoms with Crippen LogP contribution in [-0.2, 0) is 6.54 Å². The van der Waals surface area contributed by atoms with Crippen molar-refractivity contribution in [3.8, 4) is 5.69 Å². The molecule has 0 aliphatic heterocycles. The van der Waals surface area contributed by atoms with Gasteiger partial charge in [0.2, 0.25) is 0 Å². The summed E-state index contributed by atoms with van der Waals surface area (Å²) in [5.41, 5.74) is 4.34. The molecule has 3 aromatic rings. The average Bonchev–Trinajstić information content (AvgIpc) is 2.85. The number of hydrogen-bond acceptors (Lipinski definition) is 3. The number of aromatic nitrogens is 3. The standard InChI is InChI=1S/C15H16N4/c1-11-7-15(13(8-16-2)9-17-11)19-14-6-4-3-5-12(14)10-18-19/h3-7,9-10,16H,8H2,1-2H3. The molecule has 19 heavy (non-hydrogen) atoms. The zero-order chi connectivity index (χ0) is 13.2. The van der Waals surface area contributed by atoms with Crippen LogP contribution in [0.4, 0.5) is 0 Å². The Bertz CT molecular complexity index is 715. The minimum Gasteiger partial charge on any atom is -0.316 e. The molecule has 0 bridgehead atoms. The largest absolute Gasteiger partial charge is 0.316 e. The van der Waals surface area contributed by atoms with E-state index < -0.39 is 0 Å². The van der Waals surface area contributed by atoms with Gasteiger partial charge in [-0.15, -0.1) is 0 Å². The Morgan fingerprint density at radius 2 is 2.05 bits per heavy atom. The molecule has 1 N–H and O–H groups in total. The Kier molecular flexibility index (Phi) is 3.01. The number of benzene rings is 1. The van der Waals surface area contributed by atoms with E-state index >= 15 is 0 Å². The van der Waals surface area contributed by atoms with Crippen molar-refractivity contribution >= 4 is 10.9 Å². The summed E-state index contributed by atoms with van der Waals surface area (Å²) < 4.78 is 1.98. The Morgan fingerprint density at radius 3 is 2.89 bits per heavy atom. The van der Waals surface area contributed by atoms with Crippen LogP contribution in [0, 0.1) is 6.92 Å². The molecule has 0 saturated carbocycles. The van der Waals surface area contributed by atoms with Crippen LogP contribution in [0.1, 0.15) is 11.3 Å². The summed E-state index contributed by atoms with van der Waals surface area (Å²) in [6.07, 6.45) is 3.81. The fourth-order valence-corrected chi connectivity index (χ4v) is 2.26. The maximum absolute atomic E-state index is 4.51. The van der Waals surface area contributed by atoms with Gasteiger partial charge in [-0.3, -0.25) is 4.98 Å². The van der Waals surface area contributed by atoms with Crippen LogP contribution in [0.25, 0.3) is 16.6 Å². The molecular weight excluding hydrogens is 236 g/mol. The first-order chi connectivity index (χ1) is 9.29. The molecule has 0 aliphatic carbocycles. The Morgan fingerprint density at radius 1 is 1.21 bits per heavy atom. The van der Waals surface area contributed by atoms with E-state index in [2.05, 4.69) is 33.6 Å². The molecule has 0 atom stereocenters. The van der Waals surface area contributed by atoms with Crippen molar-refractivity contribution in [2.24, 2.45) is 0 Å². The number of nitrogens with one attached hydrogen (secondary N) is 1. The van der Waals surface area contributed by atoms with Crippen molar-refractivity contribution in [2.45, 2.75) is 13.5 Å². The highest BCUT2D eigenvalue weighted by Gasteiger charge is 2.09. The molecule has 4 nitrogen and oxygen atoms in total. The number of fused-ring (bicyclic) bond motifs is 1. The van der Waals surface area contributed by atoms with Crippen LogP contribution in [-0.4, -0.2) is 21.8 Å². The van der Waals surface area contributed by atoms with E-state index in [-0.39, 0.29) is 0 Å². The Balaban J connectivity index is 2.23. The van der Waals surface area contributed by atoms with Gasteiger partial charge in [0.15, 0.2) is 0 Å². The van der Waals surface area contributed by atoms with Gasteiger partial charge in [-0.05, 0) is 26.1 Å². The van der Waals surface area contributed by atoms with Crippen molar-refractivity contribution in [1.82, 2.24) is 20.1 Å². The van der Waals surface area contributed by atoms with Crippen molar-refractivity contribution < 1.29 is 0 Å². The minimum atomic E-state index is 0.775. The molecule has 1 aromatic carbocycles. The molecule has 0 aliphatic rings. The molecular formula is C15H16N4. The number of rotatable bonds is 3. The van der Waals surface area contributed by atoms with E-state index in [4.69, 9.17) is 0 Å². The molecule has 0 amide bonds. The quantitative estimate of drug-likeness (QED) is 0.778. The highest BCUT2D eigenvalue weighted by molar-refractivity contribution is 5.80. The van der Waals surface area contributed by atoms with Crippen LogP contribution < -0.4 is 5.32 Å². The van der Waals surface area contributed by atoms with Crippen molar-refractivity contribution in [1.29, 1.82) is 0 Å². The van der Waals surface area contributed by atoms with Crippen LogP contribution >= 0.6 is 0 Å². The molecule has 0 fully saturated rings. The second kappa shape index (κ2) is 4.82. The van der Waals surface area contributed by atoms with E-state index in [9.17, 15) is 0 Å². The van der Waals surface area contributed by atoms with Gasteiger partial charge >= 0.3 is 0 Å². The first-order valence-corrected chi connectivity index (χ1v) is 6.33. The highest BCUT2D eigenvalue weighted by Crippen LogP contribution is 2.21. The number of aryl methyl sites for hydroxylation is 1. The molecule has 0 radical (unpaired) electrons. The van der Waals surface area contributed by atoms with Gasteiger partial charge in [-0.25, -0.2) is 4.68 Å². The SMILES string of the molecule is CNCc1cnc(C)cc1-n1ncc2ccccc21. The fraction of sp³-hybridized carbons (Fsp3) is 0.200. The number of hydrogen-bond donors (Lipinski definition) is 1. The Labute approximate surface area is 112 Å².